The summed E-state index contributed by atoms with van der Waals surface area (Å²) in [5.41, 5.74) is 1.35. The van der Waals surface area contributed by atoms with E-state index in [2.05, 4.69) is 40.2 Å². The molecule has 0 saturated carbocycles. The van der Waals surface area contributed by atoms with E-state index in [1.54, 1.807) is 7.11 Å². The van der Waals surface area contributed by atoms with E-state index < -0.39 is 0 Å². The van der Waals surface area contributed by atoms with Gasteiger partial charge in [0.1, 0.15) is 5.75 Å². The first-order valence-corrected chi connectivity index (χ1v) is 5.83. The Kier molecular flexibility index (Phi) is 5.38. The van der Waals surface area contributed by atoms with Crippen LogP contribution in [0.25, 0.3) is 0 Å². The van der Waals surface area contributed by atoms with Crippen LogP contribution in [0.2, 0.25) is 0 Å². The van der Waals surface area contributed by atoms with Crippen LogP contribution in [0.3, 0.4) is 0 Å². The van der Waals surface area contributed by atoms with Crippen LogP contribution in [-0.4, -0.2) is 12.4 Å². The SMILES string of the molecule is COc1ccc(CC/C=C/CBr)cc1. The molecule has 0 aliphatic carbocycles. The van der Waals surface area contributed by atoms with E-state index in [4.69, 9.17) is 4.74 Å². The summed E-state index contributed by atoms with van der Waals surface area (Å²) in [7, 11) is 1.69. The van der Waals surface area contributed by atoms with Gasteiger partial charge in [-0.2, -0.15) is 0 Å². The van der Waals surface area contributed by atoms with Crippen molar-refractivity contribution >= 4 is 15.9 Å². The molecule has 1 nitrogen and oxygen atoms in total. The summed E-state index contributed by atoms with van der Waals surface area (Å²) in [5.74, 6) is 0.921. The van der Waals surface area contributed by atoms with Crippen molar-refractivity contribution in [1.29, 1.82) is 0 Å². The first-order valence-electron chi connectivity index (χ1n) is 4.70. The molecule has 0 fully saturated rings. The van der Waals surface area contributed by atoms with Gasteiger partial charge in [0.05, 0.1) is 7.11 Å². The smallest absolute Gasteiger partial charge is 0.118 e. The molecule has 14 heavy (non-hydrogen) atoms. The normalized spacial score (nSPS) is 10.7. The van der Waals surface area contributed by atoms with E-state index in [1.165, 1.54) is 5.56 Å². The Balaban J connectivity index is 2.40. The molecule has 0 N–H and O–H groups in total. The number of allylic oxidation sites excluding steroid dienone is 2. The second-order valence-electron chi connectivity index (χ2n) is 3.01. The Labute approximate surface area is 93.9 Å². The highest BCUT2D eigenvalue weighted by Crippen LogP contribution is 2.12. The molecule has 0 aliphatic heterocycles. The van der Waals surface area contributed by atoms with Gasteiger partial charge in [0.15, 0.2) is 0 Å². The molecule has 76 valence electrons. The van der Waals surface area contributed by atoms with Crippen molar-refractivity contribution in [3.05, 3.63) is 42.0 Å². The summed E-state index contributed by atoms with van der Waals surface area (Å²) < 4.78 is 5.09. The number of benzene rings is 1. The molecule has 0 radical (unpaired) electrons. The van der Waals surface area contributed by atoms with Gasteiger partial charge in [-0.15, -0.1) is 0 Å². The van der Waals surface area contributed by atoms with Gasteiger partial charge in [-0.25, -0.2) is 0 Å². The van der Waals surface area contributed by atoms with Gasteiger partial charge in [-0.05, 0) is 30.5 Å². The summed E-state index contributed by atoms with van der Waals surface area (Å²) in [5, 5.41) is 0.940. The Bertz CT molecular complexity index is 277. The molecule has 0 aliphatic rings. The first kappa shape index (κ1) is 11.3. The lowest BCUT2D eigenvalue weighted by Crippen LogP contribution is -1.85. The topological polar surface area (TPSA) is 9.23 Å². The van der Waals surface area contributed by atoms with Crippen LogP contribution in [-0.2, 0) is 6.42 Å². The van der Waals surface area contributed by atoms with Crippen LogP contribution in [0.15, 0.2) is 36.4 Å². The summed E-state index contributed by atoms with van der Waals surface area (Å²) in [6, 6.07) is 8.23. The van der Waals surface area contributed by atoms with E-state index >= 15 is 0 Å². The maximum Gasteiger partial charge on any atom is 0.118 e. The van der Waals surface area contributed by atoms with Gasteiger partial charge in [0, 0.05) is 5.33 Å². The number of alkyl halides is 1. The summed E-state index contributed by atoms with van der Waals surface area (Å²) >= 11 is 3.35. The van der Waals surface area contributed by atoms with Crippen molar-refractivity contribution in [1.82, 2.24) is 0 Å². The van der Waals surface area contributed by atoms with E-state index in [9.17, 15) is 0 Å². The molecule has 0 heterocycles. The first-order chi connectivity index (χ1) is 6.86. The number of rotatable bonds is 5. The van der Waals surface area contributed by atoms with Gasteiger partial charge in [-0.3, -0.25) is 0 Å². The monoisotopic (exact) mass is 254 g/mol. The Morgan fingerprint density at radius 3 is 2.50 bits per heavy atom. The fourth-order valence-electron chi connectivity index (χ4n) is 1.22. The standard InChI is InChI=1S/C12H15BrO/c1-14-12-8-6-11(7-9-12)5-3-2-4-10-13/h2,4,6-9H,3,5,10H2,1H3/b4-2+. The van der Waals surface area contributed by atoms with Crippen LogP contribution in [0.1, 0.15) is 12.0 Å². The summed E-state index contributed by atoms with van der Waals surface area (Å²) in [6.45, 7) is 0. The maximum atomic E-state index is 5.09. The molecular weight excluding hydrogens is 240 g/mol. The zero-order chi connectivity index (χ0) is 10.2. The van der Waals surface area contributed by atoms with Crippen LogP contribution in [0, 0.1) is 0 Å². The zero-order valence-electron chi connectivity index (χ0n) is 8.37. The minimum Gasteiger partial charge on any atom is -0.497 e. The number of hydrogen-bond donors (Lipinski definition) is 0. The number of hydrogen-bond acceptors (Lipinski definition) is 1. The number of methoxy groups -OCH3 is 1. The van der Waals surface area contributed by atoms with Crippen molar-refractivity contribution in [2.75, 3.05) is 12.4 Å². The quantitative estimate of drug-likeness (QED) is 0.577. The van der Waals surface area contributed by atoms with Gasteiger partial charge in [0.2, 0.25) is 0 Å². The Morgan fingerprint density at radius 2 is 1.93 bits per heavy atom. The molecule has 0 amide bonds. The third-order valence-electron chi connectivity index (χ3n) is 2.01. The Hall–Kier alpha value is -0.760. The summed E-state index contributed by atoms with van der Waals surface area (Å²) in [6.07, 6.45) is 6.51. The molecule has 0 aromatic heterocycles. The van der Waals surface area contributed by atoms with E-state index in [0.29, 0.717) is 0 Å². The van der Waals surface area contributed by atoms with Gasteiger partial charge >= 0.3 is 0 Å². The lowest BCUT2D eigenvalue weighted by atomic mass is 10.1. The predicted octanol–water partition coefficient (Wildman–Crippen LogP) is 3.58. The van der Waals surface area contributed by atoms with Crippen molar-refractivity contribution in [2.45, 2.75) is 12.8 Å². The molecule has 0 saturated heterocycles. The second-order valence-corrected chi connectivity index (χ2v) is 3.66. The van der Waals surface area contributed by atoms with E-state index in [0.717, 1.165) is 23.9 Å². The van der Waals surface area contributed by atoms with Gasteiger partial charge in [-0.1, -0.05) is 40.2 Å². The zero-order valence-corrected chi connectivity index (χ0v) is 9.96. The van der Waals surface area contributed by atoms with Crippen LogP contribution >= 0.6 is 15.9 Å². The summed E-state index contributed by atoms with van der Waals surface area (Å²) in [4.78, 5) is 0. The molecule has 1 aromatic rings. The number of halogens is 1. The largest absolute Gasteiger partial charge is 0.497 e. The molecule has 0 unspecified atom stereocenters. The van der Waals surface area contributed by atoms with Gasteiger partial charge < -0.3 is 4.74 Å². The third kappa shape index (κ3) is 3.97. The Morgan fingerprint density at radius 1 is 1.21 bits per heavy atom. The number of aryl methyl sites for hydroxylation is 1. The van der Waals surface area contributed by atoms with Crippen molar-refractivity contribution in [2.24, 2.45) is 0 Å². The van der Waals surface area contributed by atoms with Crippen molar-refractivity contribution < 1.29 is 4.74 Å². The molecule has 0 bridgehead atoms. The lowest BCUT2D eigenvalue weighted by molar-refractivity contribution is 0.414. The van der Waals surface area contributed by atoms with Crippen LogP contribution < -0.4 is 4.74 Å². The van der Waals surface area contributed by atoms with Gasteiger partial charge in [0.25, 0.3) is 0 Å². The van der Waals surface area contributed by atoms with E-state index in [1.807, 2.05) is 12.1 Å². The highest BCUT2D eigenvalue weighted by Gasteiger charge is 1.92. The second kappa shape index (κ2) is 6.66. The van der Waals surface area contributed by atoms with Crippen LogP contribution in [0.4, 0.5) is 0 Å². The van der Waals surface area contributed by atoms with E-state index in [-0.39, 0.29) is 0 Å². The average molecular weight is 255 g/mol. The van der Waals surface area contributed by atoms with Crippen LogP contribution in [0.5, 0.6) is 5.75 Å². The molecule has 1 aromatic carbocycles. The molecule has 0 atom stereocenters. The highest BCUT2D eigenvalue weighted by atomic mass is 79.9. The average Bonchev–Trinajstić information content (AvgIpc) is 2.25. The molecule has 2 heteroatoms. The minimum absolute atomic E-state index is 0.921. The fourth-order valence-corrected chi connectivity index (χ4v) is 1.49. The predicted molar refractivity (Wildman–Crippen MR) is 64.2 cm³/mol. The maximum absolute atomic E-state index is 5.09. The lowest BCUT2D eigenvalue weighted by Gasteiger charge is -2.01. The van der Waals surface area contributed by atoms with Crippen molar-refractivity contribution in [3.8, 4) is 5.75 Å². The minimum atomic E-state index is 0.921. The molecule has 0 spiro atoms. The molecular formula is C12H15BrO. The van der Waals surface area contributed by atoms with Crippen molar-refractivity contribution in [3.63, 3.8) is 0 Å². The fraction of sp³-hybridized carbons (Fsp3) is 0.333. The highest BCUT2D eigenvalue weighted by molar-refractivity contribution is 9.09. The third-order valence-corrected chi connectivity index (χ3v) is 2.39. The molecule has 1 rings (SSSR count). The number of ether oxygens (including phenoxy) is 1.